The van der Waals surface area contributed by atoms with Crippen LogP contribution in [-0.4, -0.2) is 41.0 Å². The minimum atomic E-state index is -0.677. The fraction of sp³-hybridized carbons (Fsp3) is 0.211. The number of anilines is 1. The molecule has 0 aliphatic carbocycles. The number of rotatable bonds is 4. The molecule has 1 fully saturated rings. The van der Waals surface area contributed by atoms with Gasteiger partial charge in [0.2, 0.25) is 5.91 Å². The number of carbonyl (C=O) groups excluding carboxylic acids is 2. The van der Waals surface area contributed by atoms with Gasteiger partial charge in [0.05, 0.1) is 16.8 Å². The highest BCUT2D eigenvalue weighted by Gasteiger charge is 2.34. The number of ether oxygens (including phenoxy) is 1. The van der Waals surface area contributed by atoms with E-state index in [1.54, 1.807) is 4.90 Å². The zero-order chi connectivity index (χ0) is 17.9. The van der Waals surface area contributed by atoms with Crippen LogP contribution in [0, 0.1) is 0 Å². The highest BCUT2D eigenvalue weighted by Crippen LogP contribution is 2.26. The Morgan fingerprint density at radius 2 is 1.96 bits per heavy atom. The number of hydrogen-bond acceptors (Lipinski definition) is 5. The lowest BCUT2D eigenvalue weighted by atomic mass is 10.1. The molecule has 7 heteroatoms. The largest absolute Gasteiger partial charge is 0.369 e. The fourth-order valence-corrected chi connectivity index (χ4v) is 3.78. The summed E-state index contributed by atoms with van der Waals surface area (Å²) >= 11 is 1.41. The van der Waals surface area contributed by atoms with E-state index in [2.05, 4.69) is 10.3 Å². The number of aromatic nitrogens is 1. The SMILES string of the molecule is O=C(Nc1nc2ccccc2s1)C1COCC(=O)N1Cc1ccccc1. The van der Waals surface area contributed by atoms with E-state index >= 15 is 0 Å². The van der Waals surface area contributed by atoms with Crippen LogP contribution in [0.25, 0.3) is 10.2 Å². The van der Waals surface area contributed by atoms with Crippen molar-refractivity contribution in [2.75, 3.05) is 18.5 Å². The summed E-state index contributed by atoms with van der Waals surface area (Å²) in [6.45, 7) is 0.550. The molecule has 2 aromatic carbocycles. The quantitative estimate of drug-likeness (QED) is 0.770. The van der Waals surface area contributed by atoms with Gasteiger partial charge in [-0.2, -0.15) is 0 Å². The molecule has 1 atom stereocenters. The summed E-state index contributed by atoms with van der Waals surface area (Å²) in [5.74, 6) is -0.474. The number of nitrogens with one attached hydrogen (secondary N) is 1. The lowest BCUT2D eigenvalue weighted by Gasteiger charge is -2.34. The van der Waals surface area contributed by atoms with Crippen molar-refractivity contribution in [3.05, 3.63) is 60.2 Å². The first kappa shape index (κ1) is 16.7. The van der Waals surface area contributed by atoms with Gasteiger partial charge in [-0.3, -0.25) is 9.59 Å². The molecule has 1 aliphatic rings. The highest BCUT2D eigenvalue weighted by atomic mass is 32.1. The summed E-state index contributed by atoms with van der Waals surface area (Å²) in [5, 5.41) is 3.35. The van der Waals surface area contributed by atoms with Crippen molar-refractivity contribution < 1.29 is 14.3 Å². The van der Waals surface area contributed by atoms with Gasteiger partial charge in [-0.1, -0.05) is 53.8 Å². The van der Waals surface area contributed by atoms with Crippen LogP contribution in [0.5, 0.6) is 0 Å². The normalized spacial score (nSPS) is 17.5. The van der Waals surface area contributed by atoms with Crippen LogP contribution in [0.15, 0.2) is 54.6 Å². The van der Waals surface area contributed by atoms with Crippen molar-refractivity contribution in [3.8, 4) is 0 Å². The molecule has 2 heterocycles. The zero-order valence-corrected chi connectivity index (χ0v) is 14.7. The molecule has 1 aromatic heterocycles. The molecule has 1 saturated heterocycles. The molecule has 1 aliphatic heterocycles. The number of nitrogens with zero attached hydrogens (tertiary/aromatic N) is 2. The first-order chi connectivity index (χ1) is 12.7. The number of thiazole rings is 1. The molecule has 4 rings (SSSR count). The van der Waals surface area contributed by atoms with Gasteiger partial charge in [-0.05, 0) is 17.7 Å². The van der Waals surface area contributed by atoms with Gasteiger partial charge in [-0.15, -0.1) is 0 Å². The van der Waals surface area contributed by atoms with E-state index in [9.17, 15) is 9.59 Å². The third-order valence-electron chi connectivity index (χ3n) is 4.22. The standard InChI is InChI=1S/C19H17N3O3S/c23-17-12-25-11-15(22(17)10-13-6-2-1-3-7-13)18(24)21-19-20-14-8-4-5-9-16(14)26-19/h1-9,15H,10-12H2,(H,20,21,24). The Kier molecular flexibility index (Phi) is 4.64. The average molecular weight is 367 g/mol. The number of morpholine rings is 1. The molecule has 26 heavy (non-hydrogen) atoms. The van der Waals surface area contributed by atoms with Crippen molar-refractivity contribution in [1.82, 2.24) is 9.88 Å². The molecular formula is C19H17N3O3S. The van der Waals surface area contributed by atoms with E-state index in [0.717, 1.165) is 15.8 Å². The third kappa shape index (κ3) is 3.44. The fourth-order valence-electron chi connectivity index (χ4n) is 2.91. The summed E-state index contributed by atoms with van der Waals surface area (Å²) in [4.78, 5) is 31.1. The molecule has 0 saturated carbocycles. The summed E-state index contributed by atoms with van der Waals surface area (Å²) in [5.41, 5.74) is 1.81. The lowest BCUT2D eigenvalue weighted by molar-refractivity contribution is -0.154. The molecular weight excluding hydrogens is 350 g/mol. The molecule has 2 amide bonds. The van der Waals surface area contributed by atoms with E-state index in [1.807, 2.05) is 54.6 Å². The van der Waals surface area contributed by atoms with E-state index in [-0.39, 0.29) is 25.0 Å². The van der Waals surface area contributed by atoms with Gasteiger partial charge in [0.1, 0.15) is 12.6 Å². The maximum Gasteiger partial charge on any atom is 0.251 e. The number of fused-ring (bicyclic) bond motifs is 1. The summed E-state index contributed by atoms with van der Waals surface area (Å²) in [6.07, 6.45) is 0. The van der Waals surface area contributed by atoms with Crippen LogP contribution < -0.4 is 5.32 Å². The minimum Gasteiger partial charge on any atom is -0.369 e. The van der Waals surface area contributed by atoms with E-state index in [0.29, 0.717) is 11.7 Å². The Labute approximate surface area is 154 Å². The Balaban J connectivity index is 1.53. The van der Waals surface area contributed by atoms with Crippen molar-refractivity contribution in [2.24, 2.45) is 0 Å². The van der Waals surface area contributed by atoms with Crippen LogP contribution in [0.2, 0.25) is 0 Å². The number of benzene rings is 2. The summed E-state index contributed by atoms with van der Waals surface area (Å²) < 4.78 is 6.31. The van der Waals surface area contributed by atoms with Gasteiger partial charge in [0.15, 0.2) is 5.13 Å². The smallest absolute Gasteiger partial charge is 0.251 e. The van der Waals surface area contributed by atoms with Crippen LogP contribution in [0.4, 0.5) is 5.13 Å². The second kappa shape index (κ2) is 7.23. The van der Waals surface area contributed by atoms with Crippen LogP contribution >= 0.6 is 11.3 Å². The number of hydrogen-bond donors (Lipinski definition) is 1. The van der Waals surface area contributed by atoms with Gasteiger partial charge in [-0.25, -0.2) is 4.98 Å². The van der Waals surface area contributed by atoms with E-state index in [1.165, 1.54) is 11.3 Å². The predicted octanol–water partition coefficient (Wildman–Crippen LogP) is 2.66. The van der Waals surface area contributed by atoms with Crippen LogP contribution in [0.1, 0.15) is 5.56 Å². The van der Waals surface area contributed by atoms with Crippen molar-refractivity contribution in [3.63, 3.8) is 0 Å². The Bertz CT molecular complexity index is 908. The van der Waals surface area contributed by atoms with Crippen molar-refractivity contribution in [1.29, 1.82) is 0 Å². The Morgan fingerprint density at radius 1 is 1.19 bits per heavy atom. The molecule has 0 bridgehead atoms. The molecule has 3 aromatic rings. The second-order valence-corrected chi connectivity index (χ2v) is 7.04. The van der Waals surface area contributed by atoms with Gasteiger partial charge >= 0.3 is 0 Å². The molecule has 1 unspecified atom stereocenters. The average Bonchev–Trinajstić information content (AvgIpc) is 3.06. The van der Waals surface area contributed by atoms with Gasteiger partial charge < -0.3 is 15.0 Å². The van der Waals surface area contributed by atoms with E-state index in [4.69, 9.17) is 4.74 Å². The Morgan fingerprint density at radius 3 is 2.77 bits per heavy atom. The molecule has 0 radical (unpaired) electrons. The molecule has 1 N–H and O–H groups in total. The predicted molar refractivity (Wildman–Crippen MR) is 99.8 cm³/mol. The number of amides is 2. The Hall–Kier alpha value is -2.77. The lowest BCUT2D eigenvalue weighted by Crippen LogP contribution is -2.54. The maximum absolute atomic E-state index is 12.8. The highest BCUT2D eigenvalue weighted by molar-refractivity contribution is 7.22. The molecule has 132 valence electrons. The maximum atomic E-state index is 12.8. The number of para-hydroxylation sites is 1. The molecule has 6 nitrogen and oxygen atoms in total. The topological polar surface area (TPSA) is 71.5 Å². The van der Waals surface area contributed by atoms with E-state index < -0.39 is 6.04 Å². The zero-order valence-electron chi connectivity index (χ0n) is 13.9. The first-order valence-corrected chi connectivity index (χ1v) is 9.10. The second-order valence-electron chi connectivity index (χ2n) is 6.01. The summed E-state index contributed by atoms with van der Waals surface area (Å²) in [6, 6.07) is 16.6. The van der Waals surface area contributed by atoms with Crippen LogP contribution in [-0.2, 0) is 20.9 Å². The monoisotopic (exact) mass is 367 g/mol. The van der Waals surface area contributed by atoms with Crippen LogP contribution in [0.3, 0.4) is 0 Å². The van der Waals surface area contributed by atoms with Crippen molar-refractivity contribution in [2.45, 2.75) is 12.6 Å². The summed E-state index contributed by atoms with van der Waals surface area (Å²) in [7, 11) is 0. The minimum absolute atomic E-state index is 0.00223. The number of carbonyl (C=O) groups is 2. The molecule has 0 spiro atoms. The van der Waals surface area contributed by atoms with Gasteiger partial charge in [0.25, 0.3) is 5.91 Å². The first-order valence-electron chi connectivity index (χ1n) is 8.28. The van der Waals surface area contributed by atoms with Gasteiger partial charge in [0, 0.05) is 6.54 Å². The van der Waals surface area contributed by atoms with Crippen molar-refractivity contribution >= 4 is 38.5 Å². The third-order valence-corrected chi connectivity index (χ3v) is 5.17.